The van der Waals surface area contributed by atoms with Crippen LogP contribution in [-0.4, -0.2) is 24.9 Å². The van der Waals surface area contributed by atoms with Gasteiger partial charge in [0.25, 0.3) is 0 Å². The highest BCUT2D eigenvalue weighted by Gasteiger charge is 2.07. The fourth-order valence-electron chi connectivity index (χ4n) is 2.05. The van der Waals surface area contributed by atoms with E-state index in [1.54, 1.807) is 12.4 Å². The summed E-state index contributed by atoms with van der Waals surface area (Å²) in [6.07, 6.45) is 3.29. The minimum Gasteiger partial charge on any atom is -0.399 e. The van der Waals surface area contributed by atoms with Crippen molar-refractivity contribution in [3.63, 3.8) is 0 Å². The number of pyridine rings is 1. The molecule has 0 radical (unpaired) electrons. The van der Waals surface area contributed by atoms with Crippen molar-refractivity contribution in [2.75, 3.05) is 5.73 Å². The number of aromatic nitrogens is 5. The van der Waals surface area contributed by atoms with Gasteiger partial charge in [0.05, 0.1) is 11.0 Å². The van der Waals surface area contributed by atoms with Crippen molar-refractivity contribution in [1.29, 1.82) is 0 Å². The lowest BCUT2D eigenvalue weighted by Gasteiger charge is -1.98. The van der Waals surface area contributed by atoms with Crippen LogP contribution in [0.15, 0.2) is 52.9 Å². The molecule has 102 valence electrons. The predicted octanol–water partition coefficient (Wildman–Crippen LogP) is 2.63. The van der Waals surface area contributed by atoms with Gasteiger partial charge in [-0.05, 0) is 42.1 Å². The third-order valence-electron chi connectivity index (χ3n) is 2.99. The first-order chi connectivity index (χ1) is 10.3. The van der Waals surface area contributed by atoms with E-state index in [1.165, 1.54) is 11.8 Å². The predicted molar refractivity (Wildman–Crippen MR) is 82.0 cm³/mol. The normalized spacial score (nSPS) is 11.2. The van der Waals surface area contributed by atoms with Gasteiger partial charge in [-0.25, -0.2) is 15.0 Å². The molecule has 0 aliphatic heterocycles. The van der Waals surface area contributed by atoms with Crippen molar-refractivity contribution in [3.05, 3.63) is 42.7 Å². The van der Waals surface area contributed by atoms with Crippen molar-refractivity contribution in [2.45, 2.75) is 10.2 Å². The molecule has 1 aromatic carbocycles. The van der Waals surface area contributed by atoms with E-state index in [9.17, 15) is 0 Å². The molecule has 7 heteroatoms. The summed E-state index contributed by atoms with van der Waals surface area (Å²) in [7, 11) is 0. The highest BCUT2D eigenvalue weighted by Crippen LogP contribution is 2.27. The number of fused-ring (bicyclic) bond motifs is 2. The minimum absolute atomic E-state index is 0.628. The van der Waals surface area contributed by atoms with E-state index in [2.05, 4.69) is 24.9 Å². The van der Waals surface area contributed by atoms with E-state index in [0.29, 0.717) is 11.3 Å². The van der Waals surface area contributed by atoms with Crippen LogP contribution in [0.2, 0.25) is 0 Å². The number of nitrogens with one attached hydrogen (secondary N) is 1. The number of hydrogen-bond donors (Lipinski definition) is 2. The number of aromatic amines is 1. The second-order valence-corrected chi connectivity index (χ2v) is 5.48. The molecule has 0 aliphatic rings. The Labute approximate surface area is 123 Å². The average molecular weight is 294 g/mol. The molecule has 3 aromatic heterocycles. The minimum atomic E-state index is 0.628. The van der Waals surface area contributed by atoms with Crippen LogP contribution in [0.3, 0.4) is 0 Å². The topological polar surface area (TPSA) is 93.4 Å². The second-order valence-electron chi connectivity index (χ2n) is 4.47. The number of nitrogens with zero attached hydrogens (tertiary/aromatic N) is 4. The Hall–Kier alpha value is -2.67. The van der Waals surface area contributed by atoms with Gasteiger partial charge >= 0.3 is 0 Å². The summed E-state index contributed by atoms with van der Waals surface area (Å²) in [6, 6.07) is 9.40. The Morgan fingerprint density at radius 3 is 2.76 bits per heavy atom. The molecule has 4 aromatic rings. The molecule has 21 heavy (non-hydrogen) atoms. The highest BCUT2D eigenvalue weighted by molar-refractivity contribution is 7.99. The van der Waals surface area contributed by atoms with Crippen molar-refractivity contribution in [3.8, 4) is 0 Å². The van der Waals surface area contributed by atoms with Gasteiger partial charge < -0.3 is 10.7 Å². The van der Waals surface area contributed by atoms with Crippen molar-refractivity contribution in [1.82, 2.24) is 24.9 Å². The van der Waals surface area contributed by atoms with Crippen LogP contribution in [0.5, 0.6) is 0 Å². The van der Waals surface area contributed by atoms with Crippen LogP contribution >= 0.6 is 11.8 Å². The molecule has 6 nitrogen and oxygen atoms in total. The summed E-state index contributed by atoms with van der Waals surface area (Å²) in [5, 5.41) is 1.58. The first-order valence-electron chi connectivity index (χ1n) is 6.29. The molecule has 0 aliphatic carbocycles. The standard InChI is InChI=1S/C14H10N6S/c15-8-1-2-9-11(7-8)19-14(18-9)21-12-4-3-10-13(20-12)17-6-5-16-10/h1-7H,15H2,(H,18,19). The molecule has 4 rings (SSSR count). The molecular formula is C14H10N6S. The Morgan fingerprint density at radius 2 is 1.81 bits per heavy atom. The highest BCUT2D eigenvalue weighted by atomic mass is 32.2. The maximum atomic E-state index is 5.77. The first-order valence-corrected chi connectivity index (χ1v) is 7.10. The number of benzene rings is 1. The molecule has 3 heterocycles. The van der Waals surface area contributed by atoms with E-state index < -0.39 is 0 Å². The smallest absolute Gasteiger partial charge is 0.179 e. The van der Waals surface area contributed by atoms with Crippen LogP contribution in [-0.2, 0) is 0 Å². The van der Waals surface area contributed by atoms with Gasteiger partial charge in [-0.1, -0.05) is 0 Å². The summed E-state index contributed by atoms with van der Waals surface area (Å²) in [5.41, 5.74) is 9.68. The summed E-state index contributed by atoms with van der Waals surface area (Å²) in [5.74, 6) is 0. The van der Waals surface area contributed by atoms with Gasteiger partial charge in [-0.15, -0.1) is 0 Å². The van der Waals surface area contributed by atoms with Gasteiger partial charge in [0.15, 0.2) is 10.8 Å². The second kappa shape index (κ2) is 4.71. The van der Waals surface area contributed by atoms with Gasteiger partial charge in [0.2, 0.25) is 0 Å². The first kappa shape index (κ1) is 12.1. The van der Waals surface area contributed by atoms with E-state index in [-0.39, 0.29) is 0 Å². The lowest BCUT2D eigenvalue weighted by atomic mass is 10.3. The molecule has 0 saturated heterocycles. The monoisotopic (exact) mass is 294 g/mol. The molecule has 3 N–H and O–H groups in total. The average Bonchev–Trinajstić information content (AvgIpc) is 2.88. The fraction of sp³-hybridized carbons (Fsp3) is 0. The Kier molecular flexibility index (Phi) is 2.71. The summed E-state index contributed by atoms with van der Waals surface area (Å²) in [6.45, 7) is 0. The zero-order chi connectivity index (χ0) is 14.2. The summed E-state index contributed by atoms with van der Waals surface area (Å²) < 4.78 is 0. The van der Waals surface area contributed by atoms with Gasteiger partial charge in [-0.3, -0.25) is 4.98 Å². The van der Waals surface area contributed by atoms with E-state index in [4.69, 9.17) is 5.73 Å². The SMILES string of the molecule is Nc1ccc2nc(Sc3ccc4nccnc4n3)[nH]c2c1. The van der Waals surface area contributed by atoms with Crippen LogP contribution in [0.4, 0.5) is 5.69 Å². The molecular weight excluding hydrogens is 284 g/mol. The zero-order valence-corrected chi connectivity index (χ0v) is 11.6. The number of imidazole rings is 1. The number of anilines is 1. The van der Waals surface area contributed by atoms with Crippen LogP contribution in [0.25, 0.3) is 22.2 Å². The van der Waals surface area contributed by atoms with Crippen LogP contribution in [0, 0.1) is 0 Å². The molecule has 0 atom stereocenters. The third-order valence-corrected chi connectivity index (χ3v) is 3.81. The molecule has 0 saturated carbocycles. The fourth-order valence-corrected chi connectivity index (χ4v) is 2.82. The van der Waals surface area contributed by atoms with E-state index in [1.807, 2.05) is 30.3 Å². The molecule has 0 unspecified atom stereocenters. The van der Waals surface area contributed by atoms with Crippen molar-refractivity contribution in [2.24, 2.45) is 0 Å². The zero-order valence-electron chi connectivity index (χ0n) is 10.8. The maximum Gasteiger partial charge on any atom is 0.179 e. The Morgan fingerprint density at radius 1 is 0.952 bits per heavy atom. The lowest BCUT2D eigenvalue weighted by Crippen LogP contribution is -1.88. The van der Waals surface area contributed by atoms with Crippen molar-refractivity contribution < 1.29 is 0 Å². The molecule has 0 amide bonds. The van der Waals surface area contributed by atoms with Gasteiger partial charge in [0.1, 0.15) is 10.5 Å². The number of nitrogen functional groups attached to an aromatic ring is 1. The number of rotatable bonds is 2. The molecule has 0 fully saturated rings. The van der Waals surface area contributed by atoms with Gasteiger partial charge in [-0.2, -0.15) is 0 Å². The lowest BCUT2D eigenvalue weighted by molar-refractivity contribution is 1.06. The summed E-state index contributed by atoms with van der Waals surface area (Å²) in [4.78, 5) is 20.6. The van der Waals surface area contributed by atoms with Crippen molar-refractivity contribution >= 4 is 39.6 Å². The quantitative estimate of drug-likeness (QED) is 0.552. The number of hydrogen-bond acceptors (Lipinski definition) is 6. The maximum absolute atomic E-state index is 5.77. The van der Waals surface area contributed by atoms with E-state index >= 15 is 0 Å². The number of nitrogens with two attached hydrogens (primary N) is 1. The largest absolute Gasteiger partial charge is 0.399 e. The summed E-state index contributed by atoms with van der Waals surface area (Å²) >= 11 is 1.45. The molecule has 0 bridgehead atoms. The Balaban J connectivity index is 1.71. The van der Waals surface area contributed by atoms with E-state index in [0.717, 1.165) is 26.7 Å². The van der Waals surface area contributed by atoms with Gasteiger partial charge in [0, 0.05) is 18.1 Å². The third kappa shape index (κ3) is 2.27. The number of H-pyrrole nitrogens is 1. The Bertz CT molecular complexity index is 948. The molecule has 0 spiro atoms. The van der Waals surface area contributed by atoms with Crippen LogP contribution in [0.1, 0.15) is 0 Å². The van der Waals surface area contributed by atoms with Crippen LogP contribution < -0.4 is 5.73 Å².